The van der Waals surface area contributed by atoms with E-state index in [0.29, 0.717) is 32.0 Å². The van der Waals surface area contributed by atoms with E-state index >= 15 is 0 Å². The van der Waals surface area contributed by atoms with Crippen LogP contribution in [0.3, 0.4) is 0 Å². The van der Waals surface area contributed by atoms with Gasteiger partial charge in [0.15, 0.2) is 0 Å². The van der Waals surface area contributed by atoms with Gasteiger partial charge in [-0.05, 0) is 12.3 Å². The summed E-state index contributed by atoms with van der Waals surface area (Å²) in [6.07, 6.45) is 4.32. The average Bonchev–Trinajstić information content (AvgIpc) is 2.84. The fraction of sp³-hybridized carbons (Fsp3) is 0.714. The van der Waals surface area contributed by atoms with Crippen LogP contribution in [-0.4, -0.2) is 46.3 Å². The molecule has 0 saturated carbocycles. The molecule has 2 N–H and O–H groups in total. The molecule has 22 heavy (non-hydrogen) atoms. The molecule has 0 spiro atoms. The molecule has 0 aromatic carbocycles. The highest BCUT2D eigenvalue weighted by molar-refractivity contribution is 5.85. The highest BCUT2D eigenvalue weighted by Crippen LogP contribution is 2.22. The summed E-state index contributed by atoms with van der Waals surface area (Å²) < 4.78 is 7.47. The van der Waals surface area contributed by atoms with Crippen LogP contribution in [0.2, 0.25) is 0 Å². The van der Waals surface area contributed by atoms with E-state index in [0.717, 1.165) is 5.56 Å². The molecule has 2 heterocycles. The topological polar surface area (TPSA) is 73.4 Å². The second-order valence-electron chi connectivity index (χ2n) is 5.83. The van der Waals surface area contributed by atoms with Crippen LogP contribution in [0.5, 0.6) is 0 Å². The summed E-state index contributed by atoms with van der Waals surface area (Å²) in [7, 11) is 1.87. The van der Waals surface area contributed by atoms with Gasteiger partial charge in [-0.25, -0.2) is 0 Å². The van der Waals surface area contributed by atoms with Crippen LogP contribution < -0.4 is 5.73 Å². The lowest BCUT2D eigenvalue weighted by molar-refractivity contribution is -0.140. The molecule has 6 nitrogen and oxygen atoms in total. The Bertz CT molecular complexity index is 467. The summed E-state index contributed by atoms with van der Waals surface area (Å²) in [6.45, 7) is 5.85. The molecule has 2 rings (SSSR count). The number of morpholine rings is 1. The molecule has 1 aromatic heterocycles. The van der Waals surface area contributed by atoms with Crippen LogP contribution in [0.1, 0.15) is 31.9 Å². The minimum atomic E-state index is -0.414. The Hall–Kier alpha value is -0.820. The molecule has 8 heteroatoms. The highest BCUT2D eigenvalue weighted by atomic mass is 35.5. The number of rotatable bonds is 4. The van der Waals surface area contributed by atoms with Crippen LogP contribution in [0, 0.1) is 5.92 Å². The Labute approximate surface area is 144 Å². The van der Waals surface area contributed by atoms with Crippen LogP contribution in [0.15, 0.2) is 12.4 Å². The molecule has 0 radical (unpaired) electrons. The minimum Gasteiger partial charge on any atom is -0.370 e. The summed E-state index contributed by atoms with van der Waals surface area (Å²) in [4.78, 5) is 14.2. The standard InChI is InChI=1S/C14H24N4O2.2ClH/c1-10(2)6-12(15)14(19)18-4-5-20-13(9-18)11-7-16-17(3)8-11;;/h7-8,10,12-13H,4-6,9,15H2,1-3H3;2*1H/t12-,13?;;/m0../s1. The number of nitrogens with two attached hydrogens (primary N) is 1. The third kappa shape index (κ3) is 5.43. The Morgan fingerprint density at radius 2 is 2.18 bits per heavy atom. The predicted octanol–water partition coefficient (Wildman–Crippen LogP) is 1.54. The van der Waals surface area contributed by atoms with Gasteiger partial charge in [0.2, 0.25) is 5.91 Å². The molecule has 1 amide bonds. The lowest BCUT2D eigenvalue weighted by atomic mass is 10.0. The van der Waals surface area contributed by atoms with E-state index in [2.05, 4.69) is 18.9 Å². The van der Waals surface area contributed by atoms with Crippen LogP contribution in [0.4, 0.5) is 0 Å². The molecule has 1 aromatic rings. The molecular formula is C14H26Cl2N4O2. The number of aryl methyl sites for hydroxylation is 1. The first-order chi connectivity index (χ1) is 9.47. The van der Waals surface area contributed by atoms with Gasteiger partial charge in [0, 0.05) is 25.4 Å². The third-order valence-electron chi connectivity index (χ3n) is 3.52. The first-order valence-corrected chi connectivity index (χ1v) is 7.12. The van der Waals surface area contributed by atoms with Gasteiger partial charge in [-0.1, -0.05) is 13.8 Å². The Morgan fingerprint density at radius 3 is 2.73 bits per heavy atom. The normalized spacial score (nSPS) is 19.3. The van der Waals surface area contributed by atoms with Crippen LogP contribution >= 0.6 is 24.8 Å². The van der Waals surface area contributed by atoms with E-state index in [4.69, 9.17) is 10.5 Å². The number of hydrogen-bond acceptors (Lipinski definition) is 4. The average molecular weight is 353 g/mol. The van der Waals surface area contributed by atoms with E-state index < -0.39 is 6.04 Å². The van der Waals surface area contributed by atoms with Crippen LogP contribution in [0.25, 0.3) is 0 Å². The van der Waals surface area contributed by atoms with Gasteiger partial charge in [0.25, 0.3) is 0 Å². The molecule has 1 aliphatic rings. The smallest absolute Gasteiger partial charge is 0.239 e. The van der Waals surface area contributed by atoms with E-state index in [1.807, 2.05) is 18.1 Å². The monoisotopic (exact) mass is 352 g/mol. The van der Waals surface area contributed by atoms with E-state index in [-0.39, 0.29) is 36.8 Å². The molecule has 1 fully saturated rings. The zero-order valence-corrected chi connectivity index (χ0v) is 14.9. The van der Waals surface area contributed by atoms with E-state index in [1.54, 1.807) is 10.9 Å². The Morgan fingerprint density at radius 1 is 1.50 bits per heavy atom. The molecule has 2 atom stereocenters. The Balaban J connectivity index is 0.00000220. The SMILES string of the molecule is CC(C)C[C@H](N)C(=O)N1CCOC(c2cnn(C)c2)C1.Cl.Cl. The zero-order chi connectivity index (χ0) is 14.7. The number of aromatic nitrogens is 2. The van der Waals surface area contributed by atoms with Crippen molar-refractivity contribution >= 4 is 30.7 Å². The lowest BCUT2D eigenvalue weighted by Gasteiger charge is -2.34. The molecule has 1 saturated heterocycles. The fourth-order valence-electron chi connectivity index (χ4n) is 2.50. The zero-order valence-electron chi connectivity index (χ0n) is 13.3. The van der Waals surface area contributed by atoms with Crippen molar-refractivity contribution in [3.8, 4) is 0 Å². The van der Waals surface area contributed by atoms with Crippen molar-refractivity contribution < 1.29 is 9.53 Å². The van der Waals surface area contributed by atoms with E-state index in [9.17, 15) is 4.79 Å². The summed E-state index contributed by atoms with van der Waals surface area (Å²) in [5.41, 5.74) is 6.99. The third-order valence-corrected chi connectivity index (χ3v) is 3.52. The highest BCUT2D eigenvalue weighted by Gasteiger charge is 2.29. The van der Waals surface area contributed by atoms with Crippen molar-refractivity contribution in [3.05, 3.63) is 18.0 Å². The van der Waals surface area contributed by atoms with Gasteiger partial charge in [0.05, 0.1) is 25.4 Å². The van der Waals surface area contributed by atoms with Crippen molar-refractivity contribution in [1.82, 2.24) is 14.7 Å². The first-order valence-electron chi connectivity index (χ1n) is 7.12. The number of halogens is 2. The van der Waals surface area contributed by atoms with Gasteiger partial charge < -0.3 is 15.4 Å². The fourth-order valence-corrected chi connectivity index (χ4v) is 2.50. The summed E-state index contributed by atoms with van der Waals surface area (Å²) in [6, 6.07) is -0.414. The van der Waals surface area contributed by atoms with Gasteiger partial charge in [0.1, 0.15) is 6.10 Å². The number of nitrogens with zero attached hydrogens (tertiary/aromatic N) is 3. The molecule has 1 unspecified atom stereocenters. The lowest BCUT2D eigenvalue weighted by Crippen LogP contribution is -2.49. The Kier molecular flexibility index (Phi) is 9.00. The summed E-state index contributed by atoms with van der Waals surface area (Å²) in [5.74, 6) is 0.444. The van der Waals surface area contributed by atoms with Crippen molar-refractivity contribution in [2.45, 2.75) is 32.4 Å². The summed E-state index contributed by atoms with van der Waals surface area (Å²) in [5, 5.41) is 4.14. The molecule has 1 aliphatic heterocycles. The predicted molar refractivity (Wildman–Crippen MR) is 90.4 cm³/mol. The second-order valence-corrected chi connectivity index (χ2v) is 5.83. The first kappa shape index (κ1) is 21.2. The van der Waals surface area contributed by atoms with Crippen LogP contribution in [-0.2, 0) is 16.6 Å². The van der Waals surface area contributed by atoms with Crippen molar-refractivity contribution in [3.63, 3.8) is 0 Å². The maximum absolute atomic E-state index is 12.3. The maximum atomic E-state index is 12.3. The number of carbonyl (C=O) groups is 1. The van der Waals surface area contributed by atoms with Crippen molar-refractivity contribution in [1.29, 1.82) is 0 Å². The molecule has 128 valence electrons. The van der Waals surface area contributed by atoms with Gasteiger partial charge >= 0.3 is 0 Å². The van der Waals surface area contributed by atoms with Gasteiger partial charge in [-0.3, -0.25) is 9.48 Å². The quantitative estimate of drug-likeness (QED) is 0.891. The second kappa shape index (κ2) is 9.35. The maximum Gasteiger partial charge on any atom is 0.239 e. The number of hydrogen-bond donors (Lipinski definition) is 1. The van der Waals surface area contributed by atoms with Crippen molar-refractivity contribution in [2.24, 2.45) is 18.7 Å². The molecular weight excluding hydrogens is 327 g/mol. The van der Waals surface area contributed by atoms with E-state index in [1.165, 1.54) is 0 Å². The number of carbonyl (C=O) groups excluding carboxylic acids is 1. The van der Waals surface area contributed by atoms with Gasteiger partial charge in [-0.15, -0.1) is 24.8 Å². The van der Waals surface area contributed by atoms with Gasteiger partial charge in [-0.2, -0.15) is 5.10 Å². The molecule has 0 bridgehead atoms. The summed E-state index contributed by atoms with van der Waals surface area (Å²) >= 11 is 0. The number of ether oxygens (including phenoxy) is 1. The van der Waals surface area contributed by atoms with Crippen molar-refractivity contribution in [2.75, 3.05) is 19.7 Å². The number of amides is 1. The molecule has 0 aliphatic carbocycles. The minimum absolute atomic E-state index is 0. The largest absolute Gasteiger partial charge is 0.370 e.